The van der Waals surface area contributed by atoms with E-state index in [0.29, 0.717) is 23.3 Å². The summed E-state index contributed by atoms with van der Waals surface area (Å²) < 4.78 is 0. The largest absolute Gasteiger partial charge is 0.335 e. The average Bonchev–Trinajstić information content (AvgIpc) is 2.72. The number of nitrogens with zero attached hydrogens (tertiary/aromatic N) is 2. The lowest BCUT2D eigenvalue weighted by atomic mass is 9.95. The van der Waals surface area contributed by atoms with Crippen LogP contribution in [-0.2, 0) is 16.0 Å². The predicted molar refractivity (Wildman–Crippen MR) is 117 cm³/mol. The van der Waals surface area contributed by atoms with Crippen LogP contribution in [-0.4, -0.2) is 54.3 Å². The second-order valence-corrected chi connectivity index (χ2v) is 7.99. The SMILES string of the molecule is CN(CC(=O)Nc1ccccc1Cl)C(=O)CN1CCCC[C@H]1Cc1ccccc1. The summed E-state index contributed by atoms with van der Waals surface area (Å²) in [6, 6.07) is 17.8. The van der Waals surface area contributed by atoms with Crippen LogP contribution in [0.4, 0.5) is 5.69 Å². The van der Waals surface area contributed by atoms with Crippen molar-refractivity contribution in [2.75, 3.05) is 32.0 Å². The van der Waals surface area contributed by atoms with Crippen LogP contribution in [0.3, 0.4) is 0 Å². The molecule has 1 aliphatic heterocycles. The zero-order chi connectivity index (χ0) is 20.6. The second kappa shape index (κ2) is 10.4. The third kappa shape index (κ3) is 6.31. The van der Waals surface area contributed by atoms with Crippen molar-refractivity contribution in [1.29, 1.82) is 0 Å². The molecule has 0 aromatic heterocycles. The Labute approximate surface area is 177 Å². The molecule has 1 atom stereocenters. The standard InChI is InChI=1S/C23H28ClN3O2/c1-26(16-22(28)25-21-13-6-5-12-20(21)24)23(29)17-27-14-8-7-11-19(27)15-18-9-3-2-4-10-18/h2-6,9-10,12-13,19H,7-8,11,14-17H2,1H3,(H,25,28)/t19-/m0/s1. The fourth-order valence-electron chi connectivity index (χ4n) is 3.74. The van der Waals surface area contributed by atoms with Gasteiger partial charge in [0.2, 0.25) is 11.8 Å². The van der Waals surface area contributed by atoms with Crippen LogP contribution in [0.5, 0.6) is 0 Å². The van der Waals surface area contributed by atoms with E-state index in [1.807, 2.05) is 6.07 Å². The minimum absolute atomic E-state index is 0.00124. The first-order valence-corrected chi connectivity index (χ1v) is 10.5. The lowest BCUT2D eigenvalue weighted by molar-refractivity contribution is -0.135. The zero-order valence-electron chi connectivity index (χ0n) is 16.8. The number of halogens is 1. The van der Waals surface area contributed by atoms with Crippen LogP contribution in [0, 0.1) is 0 Å². The Morgan fingerprint density at radius 1 is 1.10 bits per heavy atom. The number of likely N-dealkylation sites (N-methyl/N-ethyl adjacent to an activating group) is 1. The van der Waals surface area contributed by atoms with Crippen molar-refractivity contribution in [3.63, 3.8) is 0 Å². The number of carbonyl (C=O) groups excluding carboxylic acids is 2. The highest BCUT2D eigenvalue weighted by Crippen LogP contribution is 2.21. The van der Waals surface area contributed by atoms with E-state index in [9.17, 15) is 9.59 Å². The van der Waals surface area contributed by atoms with Gasteiger partial charge in [0.15, 0.2) is 0 Å². The number of para-hydroxylation sites is 1. The second-order valence-electron chi connectivity index (χ2n) is 7.59. The maximum Gasteiger partial charge on any atom is 0.244 e. The molecule has 1 aliphatic rings. The molecular formula is C23H28ClN3O2. The van der Waals surface area contributed by atoms with Gasteiger partial charge >= 0.3 is 0 Å². The minimum Gasteiger partial charge on any atom is -0.335 e. The van der Waals surface area contributed by atoms with Gasteiger partial charge in [0.05, 0.1) is 23.8 Å². The van der Waals surface area contributed by atoms with Gasteiger partial charge in [-0.1, -0.05) is 60.5 Å². The molecule has 1 fully saturated rings. The molecule has 0 bridgehead atoms. The molecule has 2 aromatic carbocycles. The summed E-state index contributed by atoms with van der Waals surface area (Å²) in [6.07, 6.45) is 4.34. The van der Waals surface area contributed by atoms with Gasteiger partial charge in [0, 0.05) is 13.1 Å². The fourth-order valence-corrected chi connectivity index (χ4v) is 3.92. The van der Waals surface area contributed by atoms with Crippen molar-refractivity contribution in [3.8, 4) is 0 Å². The summed E-state index contributed by atoms with van der Waals surface area (Å²) in [6.45, 7) is 1.26. The Kier molecular flexibility index (Phi) is 7.67. The summed E-state index contributed by atoms with van der Waals surface area (Å²) in [5.74, 6) is -0.298. The number of carbonyl (C=O) groups is 2. The van der Waals surface area contributed by atoms with Gasteiger partial charge in [-0.15, -0.1) is 0 Å². The van der Waals surface area contributed by atoms with Crippen LogP contribution < -0.4 is 5.32 Å². The lowest BCUT2D eigenvalue weighted by Gasteiger charge is -2.36. The van der Waals surface area contributed by atoms with Gasteiger partial charge in [0.1, 0.15) is 0 Å². The maximum absolute atomic E-state index is 12.7. The summed E-state index contributed by atoms with van der Waals surface area (Å²) in [7, 11) is 1.67. The third-order valence-electron chi connectivity index (χ3n) is 5.36. The third-order valence-corrected chi connectivity index (χ3v) is 5.69. The van der Waals surface area contributed by atoms with Crippen LogP contribution in [0.2, 0.25) is 5.02 Å². The molecule has 3 rings (SSSR count). The summed E-state index contributed by atoms with van der Waals surface area (Å²) >= 11 is 6.08. The monoisotopic (exact) mass is 413 g/mol. The maximum atomic E-state index is 12.7. The molecule has 0 aliphatic carbocycles. The van der Waals surface area contributed by atoms with E-state index in [1.165, 1.54) is 16.9 Å². The number of rotatable bonds is 7. The van der Waals surface area contributed by atoms with Crippen LogP contribution in [0.15, 0.2) is 54.6 Å². The average molecular weight is 414 g/mol. The normalized spacial score (nSPS) is 17.0. The molecule has 1 heterocycles. The van der Waals surface area contributed by atoms with Crippen molar-refractivity contribution in [1.82, 2.24) is 9.80 Å². The molecule has 5 nitrogen and oxygen atoms in total. The van der Waals surface area contributed by atoms with Crippen LogP contribution in [0.1, 0.15) is 24.8 Å². The first-order valence-electron chi connectivity index (χ1n) is 10.1. The van der Waals surface area contributed by atoms with Crippen LogP contribution >= 0.6 is 11.6 Å². The van der Waals surface area contributed by atoms with E-state index in [0.717, 1.165) is 25.8 Å². The molecule has 1 N–H and O–H groups in total. The number of hydrogen-bond donors (Lipinski definition) is 1. The first kappa shape index (κ1) is 21.3. The van der Waals surface area contributed by atoms with E-state index in [4.69, 9.17) is 11.6 Å². The van der Waals surface area contributed by atoms with Crippen molar-refractivity contribution in [2.24, 2.45) is 0 Å². The van der Waals surface area contributed by atoms with Crippen molar-refractivity contribution >= 4 is 29.1 Å². The predicted octanol–water partition coefficient (Wildman–Crippen LogP) is 3.83. The van der Waals surface area contributed by atoms with Gasteiger partial charge in [-0.05, 0) is 43.5 Å². The smallest absolute Gasteiger partial charge is 0.244 e. The molecule has 154 valence electrons. The quantitative estimate of drug-likeness (QED) is 0.750. The molecule has 0 radical (unpaired) electrons. The van der Waals surface area contributed by atoms with Gasteiger partial charge in [0.25, 0.3) is 0 Å². The summed E-state index contributed by atoms with van der Waals surface area (Å²) in [5.41, 5.74) is 1.85. The Hall–Kier alpha value is -2.37. The van der Waals surface area contributed by atoms with Crippen molar-refractivity contribution in [3.05, 3.63) is 65.2 Å². The molecule has 2 amide bonds. The van der Waals surface area contributed by atoms with E-state index < -0.39 is 0 Å². The Balaban J connectivity index is 1.53. The lowest BCUT2D eigenvalue weighted by Crippen LogP contribution is -2.48. The van der Waals surface area contributed by atoms with Crippen molar-refractivity contribution in [2.45, 2.75) is 31.7 Å². The van der Waals surface area contributed by atoms with Gasteiger partial charge in [-0.25, -0.2) is 0 Å². The number of anilines is 1. The topological polar surface area (TPSA) is 52.7 Å². The zero-order valence-corrected chi connectivity index (χ0v) is 17.6. The Morgan fingerprint density at radius 2 is 1.83 bits per heavy atom. The van der Waals surface area contributed by atoms with Gasteiger partial charge in [-0.2, -0.15) is 0 Å². The highest BCUT2D eigenvalue weighted by molar-refractivity contribution is 6.33. The minimum atomic E-state index is -0.256. The van der Waals surface area contributed by atoms with Gasteiger partial charge < -0.3 is 10.2 Å². The molecule has 0 saturated carbocycles. The van der Waals surface area contributed by atoms with E-state index >= 15 is 0 Å². The Bertz CT molecular complexity index is 828. The Morgan fingerprint density at radius 3 is 2.59 bits per heavy atom. The van der Waals surface area contributed by atoms with E-state index in [1.54, 1.807) is 31.3 Å². The highest BCUT2D eigenvalue weighted by Gasteiger charge is 2.26. The summed E-state index contributed by atoms with van der Waals surface area (Å²) in [5, 5.41) is 3.24. The molecule has 0 unspecified atom stereocenters. The number of piperidine rings is 1. The molecule has 29 heavy (non-hydrogen) atoms. The molecule has 1 saturated heterocycles. The van der Waals surface area contributed by atoms with Gasteiger partial charge in [-0.3, -0.25) is 14.5 Å². The molecular weight excluding hydrogens is 386 g/mol. The number of nitrogens with one attached hydrogen (secondary N) is 1. The van der Waals surface area contributed by atoms with Crippen molar-refractivity contribution < 1.29 is 9.59 Å². The number of hydrogen-bond acceptors (Lipinski definition) is 3. The number of benzene rings is 2. The van der Waals surface area contributed by atoms with Crippen LogP contribution in [0.25, 0.3) is 0 Å². The number of amides is 2. The molecule has 6 heteroatoms. The molecule has 2 aromatic rings. The first-order chi connectivity index (χ1) is 14.0. The van der Waals surface area contributed by atoms with E-state index in [-0.39, 0.29) is 18.4 Å². The fraction of sp³-hybridized carbons (Fsp3) is 0.391. The van der Waals surface area contributed by atoms with E-state index in [2.05, 4.69) is 34.5 Å². The number of likely N-dealkylation sites (tertiary alicyclic amines) is 1. The summed E-state index contributed by atoms with van der Waals surface area (Å²) in [4.78, 5) is 28.8. The molecule has 0 spiro atoms. The highest BCUT2D eigenvalue weighted by atomic mass is 35.5.